The fraction of sp³-hybridized carbons (Fsp3) is 0.571. The summed E-state index contributed by atoms with van der Waals surface area (Å²) in [4.78, 5) is 2.53. The molecule has 1 fully saturated rings. The summed E-state index contributed by atoms with van der Waals surface area (Å²) in [5, 5.41) is 3.48. The third kappa shape index (κ3) is 3.72. The van der Waals surface area contributed by atoms with Crippen molar-refractivity contribution in [2.24, 2.45) is 5.73 Å². The van der Waals surface area contributed by atoms with Gasteiger partial charge in [0, 0.05) is 18.8 Å². The first-order valence-electron chi connectivity index (χ1n) is 6.64. The summed E-state index contributed by atoms with van der Waals surface area (Å²) >= 11 is 0. The Kier molecular flexibility index (Phi) is 4.83. The highest BCUT2D eigenvalue weighted by Gasteiger charge is 2.13. The van der Waals surface area contributed by atoms with Gasteiger partial charge in [0.2, 0.25) is 0 Å². The average Bonchev–Trinajstić information content (AvgIpc) is 2.84. The van der Waals surface area contributed by atoms with Crippen LogP contribution in [0.25, 0.3) is 0 Å². The molecule has 1 aromatic carbocycles. The predicted molar refractivity (Wildman–Crippen MR) is 73.1 cm³/mol. The van der Waals surface area contributed by atoms with E-state index in [1.807, 2.05) is 0 Å². The molecule has 1 heterocycles. The topological polar surface area (TPSA) is 41.3 Å². The fourth-order valence-corrected chi connectivity index (χ4v) is 2.34. The number of hydrogen-bond donors (Lipinski definition) is 2. The third-order valence-corrected chi connectivity index (χ3v) is 3.31. The van der Waals surface area contributed by atoms with Gasteiger partial charge in [-0.3, -0.25) is 4.90 Å². The van der Waals surface area contributed by atoms with Gasteiger partial charge in [-0.15, -0.1) is 0 Å². The number of nitrogens with two attached hydrogens (primary N) is 1. The van der Waals surface area contributed by atoms with E-state index in [9.17, 15) is 0 Å². The van der Waals surface area contributed by atoms with Crippen LogP contribution in [0, 0.1) is 0 Å². The van der Waals surface area contributed by atoms with Crippen LogP contribution in [-0.4, -0.2) is 31.1 Å². The first kappa shape index (κ1) is 12.4. The zero-order valence-corrected chi connectivity index (χ0v) is 10.5. The number of nitrogens with one attached hydrogen (secondary N) is 1. The first-order chi connectivity index (χ1) is 8.40. The zero-order valence-electron chi connectivity index (χ0n) is 10.5. The summed E-state index contributed by atoms with van der Waals surface area (Å²) in [6.07, 6.45) is 3.73. The van der Waals surface area contributed by atoms with E-state index in [0.29, 0.717) is 0 Å². The van der Waals surface area contributed by atoms with Gasteiger partial charge < -0.3 is 11.1 Å². The molecule has 0 aliphatic carbocycles. The molecule has 0 unspecified atom stereocenters. The lowest BCUT2D eigenvalue weighted by Crippen LogP contribution is -2.19. The standard InChI is InChI=1S/C14H23N3/c15-8-5-9-16-14-7-2-1-6-13(14)12-17-10-3-4-11-17/h1-2,6-7,16H,3-5,8-12,15H2. The summed E-state index contributed by atoms with van der Waals surface area (Å²) in [6.45, 7) is 5.29. The SMILES string of the molecule is NCCCNc1ccccc1CN1CCCC1. The normalized spacial score (nSPS) is 16.3. The average molecular weight is 233 g/mol. The third-order valence-electron chi connectivity index (χ3n) is 3.31. The minimum atomic E-state index is 0.751. The van der Waals surface area contributed by atoms with Crippen molar-refractivity contribution >= 4 is 5.69 Å². The van der Waals surface area contributed by atoms with E-state index < -0.39 is 0 Å². The predicted octanol–water partition coefficient (Wildman–Crippen LogP) is 2.04. The monoisotopic (exact) mass is 233 g/mol. The summed E-state index contributed by atoms with van der Waals surface area (Å²) < 4.78 is 0. The lowest BCUT2D eigenvalue weighted by molar-refractivity contribution is 0.332. The molecule has 0 spiro atoms. The Hall–Kier alpha value is -1.06. The quantitative estimate of drug-likeness (QED) is 0.739. The van der Waals surface area contributed by atoms with Crippen molar-refractivity contribution in [1.29, 1.82) is 0 Å². The Labute approximate surface area is 104 Å². The van der Waals surface area contributed by atoms with Crippen LogP contribution < -0.4 is 11.1 Å². The van der Waals surface area contributed by atoms with E-state index in [4.69, 9.17) is 5.73 Å². The van der Waals surface area contributed by atoms with Gasteiger partial charge >= 0.3 is 0 Å². The highest BCUT2D eigenvalue weighted by Crippen LogP contribution is 2.19. The van der Waals surface area contributed by atoms with E-state index >= 15 is 0 Å². The summed E-state index contributed by atoms with van der Waals surface area (Å²) in [7, 11) is 0. The fourth-order valence-electron chi connectivity index (χ4n) is 2.34. The Morgan fingerprint density at radius 2 is 1.94 bits per heavy atom. The van der Waals surface area contributed by atoms with E-state index in [1.165, 1.54) is 37.2 Å². The maximum absolute atomic E-state index is 5.51. The van der Waals surface area contributed by atoms with E-state index in [2.05, 4.69) is 34.5 Å². The summed E-state index contributed by atoms with van der Waals surface area (Å²) in [6, 6.07) is 8.61. The van der Waals surface area contributed by atoms with Crippen molar-refractivity contribution in [2.75, 3.05) is 31.5 Å². The van der Waals surface area contributed by atoms with Gasteiger partial charge in [-0.05, 0) is 50.5 Å². The van der Waals surface area contributed by atoms with Crippen molar-refractivity contribution in [3.63, 3.8) is 0 Å². The van der Waals surface area contributed by atoms with Crippen molar-refractivity contribution in [1.82, 2.24) is 4.90 Å². The molecule has 0 atom stereocenters. The molecule has 0 radical (unpaired) electrons. The molecule has 94 valence electrons. The maximum Gasteiger partial charge on any atom is 0.0385 e. The molecule has 0 amide bonds. The second kappa shape index (κ2) is 6.62. The molecule has 1 saturated heterocycles. The Morgan fingerprint density at radius 3 is 2.71 bits per heavy atom. The summed E-state index contributed by atoms with van der Waals surface area (Å²) in [5.41, 5.74) is 8.19. The van der Waals surface area contributed by atoms with E-state index in [-0.39, 0.29) is 0 Å². The van der Waals surface area contributed by atoms with Crippen molar-refractivity contribution < 1.29 is 0 Å². The second-order valence-corrected chi connectivity index (χ2v) is 4.71. The zero-order chi connectivity index (χ0) is 11.9. The van der Waals surface area contributed by atoms with Gasteiger partial charge in [-0.1, -0.05) is 18.2 Å². The molecule has 2 rings (SSSR count). The molecule has 17 heavy (non-hydrogen) atoms. The first-order valence-corrected chi connectivity index (χ1v) is 6.64. The van der Waals surface area contributed by atoms with Crippen LogP contribution >= 0.6 is 0 Å². The number of hydrogen-bond acceptors (Lipinski definition) is 3. The van der Waals surface area contributed by atoms with Crippen LogP contribution in [0.3, 0.4) is 0 Å². The largest absolute Gasteiger partial charge is 0.385 e. The molecule has 1 aliphatic rings. The van der Waals surface area contributed by atoms with Gasteiger partial charge in [-0.2, -0.15) is 0 Å². The summed E-state index contributed by atoms with van der Waals surface area (Å²) in [5.74, 6) is 0. The van der Waals surface area contributed by atoms with Crippen LogP contribution in [0.2, 0.25) is 0 Å². The Morgan fingerprint density at radius 1 is 1.18 bits per heavy atom. The second-order valence-electron chi connectivity index (χ2n) is 4.71. The lowest BCUT2D eigenvalue weighted by Gasteiger charge is -2.18. The molecule has 1 aliphatic heterocycles. The number of anilines is 1. The van der Waals surface area contributed by atoms with Crippen LogP contribution in [0.15, 0.2) is 24.3 Å². The minimum absolute atomic E-state index is 0.751. The molecule has 3 nitrogen and oxygen atoms in total. The number of rotatable bonds is 6. The molecule has 0 bridgehead atoms. The molecule has 1 aromatic rings. The molecular formula is C14H23N3. The van der Waals surface area contributed by atoms with Gasteiger partial charge in [0.15, 0.2) is 0 Å². The lowest BCUT2D eigenvalue weighted by atomic mass is 10.1. The smallest absolute Gasteiger partial charge is 0.0385 e. The minimum Gasteiger partial charge on any atom is -0.385 e. The van der Waals surface area contributed by atoms with Crippen LogP contribution in [0.5, 0.6) is 0 Å². The van der Waals surface area contributed by atoms with Gasteiger partial charge in [0.05, 0.1) is 0 Å². The van der Waals surface area contributed by atoms with Gasteiger partial charge in [0.25, 0.3) is 0 Å². The van der Waals surface area contributed by atoms with E-state index in [1.54, 1.807) is 0 Å². The van der Waals surface area contributed by atoms with Gasteiger partial charge in [-0.25, -0.2) is 0 Å². The number of benzene rings is 1. The van der Waals surface area contributed by atoms with E-state index in [0.717, 1.165) is 26.1 Å². The van der Waals surface area contributed by atoms with Crippen molar-refractivity contribution in [2.45, 2.75) is 25.8 Å². The highest BCUT2D eigenvalue weighted by molar-refractivity contribution is 5.51. The number of para-hydroxylation sites is 1. The van der Waals surface area contributed by atoms with Crippen molar-refractivity contribution in [3.8, 4) is 0 Å². The van der Waals surface area contributed by atoms with Crippen molar-refractivity contribution in [3.05, 3.63) is 29.8 Å². The Bertz CT molecular complexity index is 332. The molecule has 3 N–H and O–H groups in total. The molecule has 3 heteroatoms. The van der Waals surface area contributed by atoms with Gasteiger partial charge in [0.1, 0.15) is 0 Å². The molecule has 0 aromatic heterocycles. The van der Waals surface area contributed by atoms with Crippen LogP contribution in [-0.2, 0) is 6.54 Å². The highest BCUT2D eigenvalue weighted by atomic mass is 15.1. The van der Waals surface area contributed by atoms with Crippen LogP contribution in [0.1, 0.15) is 24.8 Å². The van der Waals surface area contributed by atoms with Crippen LogP contribution in [0.4, 0.5) is 5.69 Å². The molecule has 0 saturated carbocycles. The Balaban J connectivity index is 1.94. The maximum atomic E-state index is 5.51. The molecular weight excluding hydrogens is 210 g/mol. The number of likely N-dealkylation sites (tertiary alicyclic amines) is 1. The number of nitrogens with zero attached hydrogens (tertiary/aromatic N) is 1.